The first-order valence-corrected chi connectivity index (χ1v) is 13.5. The summed E-state index contributed by atoms with van der Waals surface area (Å²) in [6.45, 7) is 0.331. The number of aryl methyl sites for hydroxylation is 1. The molecular formula is C28H35F3N2O3S. The molecule has 202 valence electrons. The van der Waals surface area contributed by atoms with Crippen LogP contribution in [0.4, 0.5) is 13.2 Å². The van der Waals surface area contributed by atoms with Crippen molar-refractivity contribution in [1.82, 2.24) is 4.90 Å². The van der Waals surface area contributed by atoms with E-state index in [2.05, 4.69) is 0 Å². The van der Waals surface area contributed by atoms with Crippen molar-refractivity contribution < 1.29 is 27.4 Å². The Hall–Kier alpha value is -2.23. The highest BCUT2D eigenvalue weighted by atomic mass is 32.2. The van der Waals surface area contributed by atoms with Crippen molar-refractivity contribution in [2.24, 2.45) is 10.9 Å². The third-order valence-electron chi connectivity index (χ3n) is 6.86. The number of halogens is 3. The van der Waals surface area contributed by atoms with Gasteiger partial charge in [0.15, 0.2) is 5.17 Å². The maximum absolute atomic E-state index is 14.3. The Labute approximate surface area is 221 Å². The van der Waals surface area contributed by atoms with Crippen LogP contribution in [0, 0.1) is 5.92 Å². The molecule has 0 spiro atoms. The minimum absolute atomic E-state index is 0.0270. The van der Waals surface area contributed by atoms with E-state index in [0.29, 0.717) is 19.4 Å². The molecule has 0 aliphatic carbocycles. The Morgan fingerprint density at radius 1 is 1.05 bits per heavy atom. The number of aliphatic imine (C=N–C) groups is 1. The van der Waals surface area contributed by atoms with Crippen LogP contribution in [0.15, 0.2) is 59.6 Å². The van der Waals surface area contributed by atoms with Crippen LogP contribution in [0.5, 0.6) is 5.75 Å². The van der Waals surface area contributed by atoms with Gasteiger partial charge in [0.1, 0.15) is 17.2 Å². The number of benzene rings is 2. The third kappa shape index (κ3) is 7.42. The lowest BCUT2D eigenvalue weighted by molar-refractivity contribution is -0.228. The van der Waals surface area contributed by atoms with Crippen LogP contribution in [-0.4, -0.2) is 61.1 Å². The van der Waals surface area contributed by atoms with Gasteiger partial charge in [-0.05, 0) is 42.5 Å². The number of ether oxygens (including phenoxy) is 3. The third-order valence-corrected chi connectivity index (χ3v) is 8.17. The van der Waals surface area contributed by atoms with Gasteiger partial charge in [-0.2, -0.15) is 13.2 Å². The fourth-order valence-corrected chi connectivity index (χ4v) is 6.00. The lowest BCUT2D eigenvalue weighted by atomic mass is 9.87. The fourth-order valence-electron chi connectivity index (χ4n) is 4.83. The zero-order chi connectivity index (χ0) is 26.4. The van der Waals surface area contributed by atoms with Crippen molar-refractivity contribution in [2.45, 2.75) is 68.6 Å². The molecule has 1 fully saturated rings. The number of amidine groups is 1. The first-order valence-electron chi connectivity index (χ1n) is 12.7. The van der Waals surface area contributed by atoms with Gasteiger partial charge in [0.2, 0.25) is 0 Å². The van der Waals surface area contributed by atoms with Gasteiger partial charge < -0.3 is 19.1 Å². The Balaban J connectivity index is 1.41. The van der Waals surface area contributed by atoms with Crippen molar-refractivity contribution in [3.8, 4) is 5.75 Å². The summed E-state index contributed by atoms with van der Waals surface area (Å²) in [6.07, 6.45) is -3.70. The van der Waals surface area contributed by atoms with Crippen LogP contribution >= 0.6 is 11.8 Å². The van der Waals surface area contributed by atoms with E-state index in [1.165, 1.54) is 11.8 Å². The second-order valence-electron chi connectivity index (χ2n) is 9.77. The molecule has 1 saturated heterocycles. The molecule has 2 aliphatic heterocycles. The van der Waals surface area contributed by atoms with Gasteiger partial charge in [-0.25, -0.2) is 0 Å². The molecule has 2 aromatic carbocycles. The Bertz CT molecular complexity index is 1020. The van der Waals surface area contributed by atoms with Gasteiger partial charge >= 0.3 is 6.18 Å². The van der Waals surface area contributed by atoms with Crippen LogP contribution in [0.2, 0.25) is 0 Å². The number of rotatable bonds is 10. The van der Waals surface area contributed by atoms with Crippen LogP contribution in [0.3, 0.4) is 0 Å². The van der Waals surface area contributed by atoms with Crippen molar-refractivity contribution >= 4 is 16.9 Å². The van der Waals surface area contributed by atoms with Gasteiger partial charge in [0.25, 0.3) is 0 Å². The highest BCUT2D eigenvalue weighted by Crippen LogP contribution is 2.44. The zero-order valence-corrected chi connectivity index (χ0v) is 22.3. The molecule has 1 unspecified atom stereocenters. The van der Waals surface area contributed by atoms with Crippen molar-refractivity contribution in [2.75, 3.05) is 21.2 Å². The van der Waals surface area contributed by atoms with Crippen molar-refractivity contribution in [1.29, 1.82) is 0 Å². The van der Waals surface area contributed by atoms with Gasteiger partial charge in [0.05, 0.1) is 31.8 Å². The van der Waals surface area contributed by atoms with E-state index in [9.17, 15) is 13.2 Å². The summed E-state index contributed by atoms with van der Waals surface area (Å²) in [7, 11) is 5.36. The summed E-state index contributed by atoms with van der Waals surface area (Å²) < 4.78 is 60.3. The molecule has 37 heavy (non-hydrogen) atoms. The molecule has 0 radical (unpaired) electrons. The number of hydrogen-bond acceptors (Lipinski definition) is 6. The minimum atomic E-state index is -4.35. The normalized spacial score (nSPS) is 24.3. The summed E-state index contributed by atoms with van der Waals surface area (Å²) in [5, 5.41) is 0.756. The summed E-state index contributed by atoms with van der Waals surface area (Å²) in [6, 6.07) is 17.0. The topological polar surface area (TPSA) is 43.3 Å². The maximum Gasteiger partial charge on any atom is 0.394 e. The predicted octanol–water partition coefficient (Wildman–Crippen LogP) is 6.32. The van der Waals surface area contributed by atoms with Crippen molar-refractivity contribution in [3.05, 3.63) is 65.7 Å². The number of alkyl halides is 3. The van der Waals surface area contributed by atoms with E-state index in [4.69, 9.17) is 19.2 Å². The SMILES string of the molecule is COc1ccc(CCCCC([C@@H]2C[C@H](OCc3ccccc3)[C@H]3N=C(N(C)C)S[C@H]3O2)C(F)(F)F)cc1. The molecule has 5 nitrogen and oxygen atoms in total. The quantitative estimate of drug-likeness (QED) is 0.333. The molecule has 2 aromatic rings. The lowest BCUT2D eigenvalue weighted by Crippen LogP contribution is -2.50. The van der Waals surface area contributed by atoms with E-state index in [1.807, 2.05) is 73.6 Å². The van der Waals surface area contributed by atoms with Crippen LogP contribution < -0.4 is 4.74 Å². The highest BCUT2D eigenvalue weighted by molar-refractivity contribution is 8.14. The standard InChI is InChI=1S/C28H35F3N2O3S/c1-33(2)27-32-25-24(35-18-20-10-5-4-6-11-20)17-23(36-26(25)37-27)22(28(29,30)31)12-8-7-9-19-13-15-21(34-3)16-14-19/h4-6,10-11,13-16,22-26H,7-9,12,17-18H2,1-3H3/t22?,23-,24-,25+,26+/m0/s1. The second kappa shape index (κ2) is 12.5. The zero-order valence-electron chi connectivity index (χ0n) is 21.5. The number of unbranched alkanes of at least 4 members (excludes halogenated alkanes) is 1. The summed E-state index contributed by atoms with van der Waals surface area (Å²) in [5.41, 5.74) is 1.59. The molecule has 4 rings (SSSR count). The number of hydrogen-bond donors (Lipinski definition) is 0. The second-order valence-corrected chi connectivity index (χ2v) is 10.8. The van der Waals surface area contributed by atoms with Crippen molar-refractivity contribution in [3.63, 3.8) is 0 Å². The van der Waals surface area contributed by atoms with Gasteiger partial charge in [-0.15, -0.1) is 0 Å². The molecular weight excluding hydrogens is 501 g/mol. The monoisotopic (exact) mass is 536 g/mol. The number of nitrogens with zero attached hydrogens (tertiary/aromatic N) is 2. The first-order chi connectivity index (χ1) is 17.7. The first kappa shape index (κ1) is 27.8. The highest BCUT2D eigenvalue weighted by Gasteiger charge is 2.52. The minimum Gasteiger partial charge on any atom is -0.497 e. The number of fused-ring (bicyclic) bond motifs is 1. The molecule has 5 atom stereocenters. The predicted molar refractivity (Wildman–Crippen MR) is 141 cm³/mol. The molecule has 0 N–H and O–H groups in total. The summed E-state index contributed by atoms with van der Waals surface area (Å²) in [5.74, 6) is -0.778. The average Bonchev–Trinajstić information content (AvgIpc) is 3.32. The molecule has 0 amide bonds. The Morgan fingerprint density at radius 3 is 2.43 bits per heavy atom. The smallest absolute Gasteiger partial charge is 0.394 e. The number of methoxy groups -OCH3 is 1. The average molecular weight is 537 g/mol. The van der Waals surface area contributed by atoms with E-state index in [0.717, 1.165) is 28.5 Å². The molecule has 9 heteroatoms. The van der Waals surface area contributed by atoms with E-state index < -0.39 is 29.7 Å². The number of thioether (sulfide) groups is 1. The van der Waals surface area contributed by atoms with Gasteiger partial charge in [-0.1, -0.05) is 60.6 Å². The molecule has 0 saturated carbocycles. The van der Waals surface area contributed by atoms with E-state index >= 15 is 0 Å². The molecule has 0 bridgehead atoms. The Morgan fingerprint density at radius 2 is 1.78 bits per heavy atom. The van der Waals surface area contributed by atoms with Crippen LogP contribution in [0.25, 0.3) is 0 Å². The fraction of sp³-hybridized carbons (Fsp3) is 0.536. The van der Waals surface area contributed by atoms with Crippen LogP contribution in [0.1, 0.15) is 36.8 Å². The molecule has 2 aliphatic rings. The van der Waals surface area contributed by atoms with Crippen LogP contribution in [-0.2, 0) is 22.5 Å². The molecule has 0 aromatic heterocycles. The lowest BCUT2D eigenvalue weighted by Gasteiger charge is -2.40. The van der Waals surface area contributed by atoms with Gasteiger partial charge in [-0.3, -0.25) is 4.99 Å². The van der Waals surface area contributed by atoms with E-state index in [-0.39, 0.29) is 18.9 Å². The largest absolute Gasteiger partial charge is 0.497 e. The maximum atomic E-state index is 14.3. The van der Waals surface area contributed by atoms with E-state index in [1.54, 1.807) is 7.11 Å². The Kier molecular flexibility index (Phi) is 9.42. The summed E-state index contributed by atoms with van der Waals surface area (Å²) >= 11 is 1.38. The van der Waals surface area contributed by atoms with Gasteiger partial charge in [0, 0.05) is 20.5 Å². The molecule has 2 heterocycles. The summed E-state index contributed by atoms with van der Waals surface area (Å²) in [4.78, 5) is 6.62.